The SMILES string of the molecule is CC(C)c1ccc(C(=O)/C=C/Nc2cccc(Cl)c2F)cc1. The first-order valence-corrected chi connectivity index (χ1v) is 7.38. The zero-order valence-electron chi connectivity index (χ0n) is 12.4. The molecular formula is C18H17ClFNO. The van der Waals surface area contributed by atoms with Gasteiger partial charge in [0.05, 0.1) is 10.7 Å². The predicted octanol–water partition coefficient (Wildman–Crippen LogP) is 5.41. The lowest BCUT2D eigenvalue weighted by Gasteiger charge is -2.05. The summed E-state index contributed by atoms with van der Waals surface area (Å²) in [4.78, 5) is 12.0. The van der Waals surface area contributed by atoms with Crippen molar-refractivity contribution in [3.8, 4) is 0 Å². The molecule has 114 valence electrons. The minimum absolute atomic E-state index is 0.0361. The lowest BCUT2D eigenvalue weighted by atomic mass is 10.0. The molecule has 0 spiro atoms. The summed E-state index contributed by atoms with van der Waals surface area (Å²) < 4.78 is 13.7. The summed E-state index contributed by atoms with van der Waals surface area (Å²) in [5.41, 5.74) is 2.00. The van der Waals surface area contributed by atoms with Gasteiger partial charge < -0.3 is 5.32 Å². The van der Waals surface area contributed by atoms with Gasteiger partial charge in [-0.25, -0.2) is 4.39 Å². The number of allylic oxidation sites excluding steroid dienone is 1. The van der Waals surface area contributed by atoms with Crippen molar-refractivity contribution >= 4 is 23.1 Å². The first-order valence-electron chi connectivity index (χ1n) is 7.00. The zero-order chi connectivity index (χ0) is 16.1. The first kappa shape index (κ1) is 16.2. The van der Waals surface area contributed by atoms with Crippen LogP contribution in [0.25, 0.3) is 0 Å². The molecule has 0 bridgehead atoms. The summed E-state index contributed by atoms with van der Waals surface area (Å²) >= 11 is 5.69. The van der Waals surface area contributed by atoms with Crippen LogP contribution < -0.4 is 5.32 Å². The molecule has 0 atom stereocenters. The molecule has 22 heavy (non-hydrogen) atoms. The summed E-state index contributed by atoms with van der Waals surface area (Å²) in [7, 11) is 0. The molecule has 0 saturated heterocycles. The van der Waals surface area contributed by atoms with Crippen LogP contribution in [-0.4, -0.2) is 5.78 Å². The Morgan fingerprint density at radius 2 is 1.86 bits per heavy atom. The molecule has 2 aromatic rings. The van der Waals surface area contributed by atoms with E-state index in [2.05, 4.69) is 19.2 Å². The molecule has 0 aliphatic heterocycles. The monoisotopic (exact) mass is 317 g/mol. The van der Waals surface area contributed by atoms with E-state index in [4.69, 9.17) is 11.6 Å². The summed E-state index contributed by atoms with van der Waals surface area (Å²) in [5, 5.41) is 2.76. The third-order valence-corrected chi connectivity index (χ3v) is 3.58. The molecule has 0 unspecified atom stereocenters. The maximum atomic E-state index is 13.7. The van der Waals surface area contributed by atoms with Crippen molar-refractivity contribution in [1.82, 2.24) is 0 Å². The smallest absolute Gasteiger partial charge is 0.187 e. The highest BCUT2D eigenvalue weighted by Crippen LogP contribution is 2.22. The molecule has 2 aromatic carbocycles. The van der Waals surface area contributed by atoms with E-state index in [9.17, 15) is 9.18 Å². The number of halogens is 2. The van der Waals surface area contributed by atoms with E-state index in [1.165, 1.54) is 23.9 Å². The van der Waals surface area contributed by atoms with Crippen molar-refractivity contribution in [1.29, 1.82) is 0 Å². The van der Waals surface area contributed by atoms with Crippen LogP contribution >= 0.6 is 11.6 Å². The average Bonchev–Trinajstić information content (AvgIpc) is 2.51. The molecule has 0 aromatic heterocycles. The Labute approximate surface area is 134 Å². The van der Waals surface area contributed by atoms with Crippen LogP contribution in [0.5, 0.6) is 0 Å². The third kappa shape index (κ3) is 3.95. The van der Waals surface area contributed by atoms with Crippen molar-refractivity contribution in [2.75, 3.05) is 5.32 Å². The fourth-order valence-electron chi connectivity index (χ4n) is 1.95. The van der Waals surface area contributed by atoms with E-state index in [-0.39, 0.29) is 16.5 Å². The second-order valence-electron chi connectivity index (χ2n) is 5.22. The van der Waals surface area contributed by atoms with Crippen LogP contribution in [0.2, 0.25) is 5.02 Å². The standard InChI is InChI=1S/C18H17ClFNO/c1-12(2)13-6-8-14(9-7-13)17(22)10-11-21-16-5-3-4-15(19)18(16)20/h3-12,21H,1-2H3/b11-10+. The average molecular weight is 318 g/mol. The molecule has 0 amide bonds. The molecular weight excluding hydrogens is 301 g/mol. The number of benzene rings is 2. The number of ketones is 1. The highest BCUT2D eigenvalue weighted by atomic mass is 35.5. The third-order valence-electron chi connectivity index (χ3n) is 3.29. The number of nitrogens with one attached hydrogen (secondary N) is 1. The maximum Gasteiger partial charge on any atom is 0.187 e. The molecule has 0 heterocycles. The van der Waals surface area contributed by atoms with E-state index in [1.807, 2.05) is 12.1 Å². The summed E-state index contributed by atoms with van der Waals surface area (Å²) in [6.45, 7) is 4.19. The lowest BCUT2D eigenvalue weighted by Crippen LogP contribution is -1.98. The molecule has 1 N–H and O–H groups in total. The number of hydrogen-bond acceptors (Lipinski definition) is 2. The van der Waals surface area contributed by atoms with Crippen LogP contribution in [0.15, 0.2) is 54.7 Å². The second-order valence-corrected chi connectivity index (χ2v) is 5.63. The van der Waals surface area contributed by atoms with Crippen LogP contribution in [0, 0.1) is 5.82 Å². The molecule has 2 rings (SSSR count). The normalized spacial score (nSPS) is 11.1. The van der Waals surface area contributed by atoms with E-state index >= 15 is 0 Å². The first-order chi connectivity index (χ1) is 10.5. The van der Waals surface area contributed by atoms with Gasteiger partial charge in [-0.2, -0.15) is 0 Å². The summed E-state index contributed by atoms with van der Waals surface area (Å²) in [6.07, 6.45) is 2.78. The van der Waals surface area contributed by atoms with Gasteiger partial charge in [0.25, 0.3) is 0 Å². The maximum absolute atomic E-state index is 13.7. The number of rotatable bonds is 5. The van der Waals surface area contributed by atoms with Crippen LogP contribution in [0.1, 0.15) is 35.7 Å². The predicted molar refractivity (Wildman–Crippen MR) is 89.0 cm³/mol. The fourth-order valence-corrected chi connectivity index (χ4v) is 2.13. The molecule has 0 saturated carbocycles. The largest absolute Gasteiger partial charge is 0.359 e. The minimum atomic E-state index is -0.539. The van der Waals surface area contributed by atoms with Gasteiger partial charge in [-0.3, -0.25) is 4.79 Å². The van der Waals surface area contributed by atoms with Crippen LogP contribution in [-0.2, 0) is 0 Å². The number of hydrogen-bond donors (Lipinski definition) is 1. The van der Waals surface area contributed by atoms with Crippen LogP contribution in [0.4, 0.5) is 10.1 Å². The summed E-state index contributed by atoms with van der Waals surface area (Å²) in [6, 6.07) is 12.1. The van der Waals surface area contributed by atoms with Crippen molar-refractivity contribution in [2.45, 2.75) is 19.8 Å². The highest BCUT2D eigenvalue weighted by Gasteiger charge is 2.05. The minimum Gasteiger partial charge on any atom is -0.359 e. The van der Waals surface area contributed by atoms with Crippen LogP contribution in [0.3, 0.4) is 0 Å². The number of anilines is 1. The lowest BCUT2D eigenvalue weighted by molar-refractivity contribution is 0.104. The Bertz CT molecular complexity index is 693. The molecule has 0 aliphatic carbocycles. The Kier molecular flexibility index (Phi) is 5.34. The Morgan fingerprint density at radius 3 is 2.50 bits per heavy atom. The fraction of sp³-hybridized carbons (Fsp3) is 0.167. The van der Waals surface area contributed by atoms with Crippen molar-refractivity contribution < 1.29 is 9.18 Å². The number of carbonyl (C=O) groups is 1. The quantitative estimate of drug-likeness (QED) is 0.590. The Morgan fingerprint density at radius 1 is 1.18 bits per heavy atom. The second kappa shape index (κ2) is 7.23. The van der Waals surface area contributed by atoms with E-state index in [1.54, 1.807) is 24.3 Å². The molecule has 2 nitrogen and oxygen atoms in total. The molecule has 4 heteroatoms. The van der Waals surface area contributed by atoms with Crippen molar-refractivity contribution in [2.24, 2.45) is 0 Å². The van der Waals surface area contributed by atoms with E-state index < -0.39 is 5.82 Å². The van der Waals surface area contributed by atoms with Gasteiger partial charge in [0.2, 0.25) is 0 Å². The van der Waals surface area contributed by atoms with Gasteiger partial charge in [-0.15, -0.1) is 0 Å². The van der Waals surface area contributed by atoms with Gasteiger partial charge in [0.1, 0.15) is 0 Å². The van der Waals surface area contributed by atoms with E-state index in [0.717, 1.165) is 0 Å². The topological polar surface area (TPSA) is 29.1 Å². The van der Waals surface area contributed by atoms with Gasteiger partial charge >= 0.3 is 0 Å². The molecule has 0 radical (unpaired) electrons. The van der Waals surface area contributed by atoms with Crippen molar-refractivity contribution in [3.05, 3.63) is 76.7 Å². The van der Waals surface area contributed by atoms with Crippen molar-refractivity contribution in [3.63, 3.8) is 0 Å². The van der Waals surface area contributed by atoms with E-state index in [0.29, 0.717) is 11.5 Å². The van der Waals surface area contributed by atoms with Gasteiger partial charge in [-0.1, -0.05) is 55.8 Å². The molecule has 0 aliphatic rings. The summed E-state index contributed by atoms with van der Waals surface area (Å²) in [5.74, 6) is -0.264. The number of carbonyl (C=O) groups excluding carboxylic acids is 1. The Balaban J connectivity index is 2.03. The van der Waals surface area contributed by atoms with Gasteiger partial charge in [-0.05, 0) is 23.6 Å². The van der Waals surface area contributed by atoms with Gasteiger partial charge in [0, 0.05) is 17.8 Å². The Hall–Kier alpha value is -2.13. The molecule has 0 fully saturated rings. The zero-order valence-corrected chi connectivity index (χ0v) is 13.2. The van der Waals surface area contributed by atoms with Gasteiger partial charge in [0.15, 0.2) is 11.6 Å². The highest BCUT2D eigenvalue weighted by molar-refractivity contribution is 6.31.